The number of hydrogen-bond acceptors (Lipinski definition) is 8. The van der Waals surface area contributed by atoms with Gasteiger partial charge in [-0.3, -0.25) is 0 Å². The summed E-state index contributed by atoms with van der Waals surface area (Å²) in [4.78, 5) is 8.60. The molecule has 2 heterocycles. The van der Waals surface area contributed by atoms with Crippen molar-refractivity contribution in [3.8, 4) is 34.6 Å². The molecule has 0 aliphatic heterocycles. The van der Waals surface area contributed by atoms with E-state index < -0.39 is 6.36 Å². The number of rotatable bonds is 8. The molecule has 4 rings (SSSR count). The first-order chi connectivity index (χ1) is 15.8. The molecule has 4 aromatic rings. The molecule has 0 aliphatic rings. The predicted molar refractivity (Wildman–Crippen MR) is 108 cm³/mol. The molecule has 172 valence electrons. The number of alkyl halides is 3. The molecule has 12 heteroatoms. The molecule has 0 unspecified atom stereocenters. The van der Waals surface area contributed by atoms with Crippen molar-refractivity contribution in [2.45, 2.75) is 19.8 Å². The van der Waals surface area contributed by atoms with Crippen LogP contribution in [0.5, 0.6) is 11.5 Å². The molecular weight excluding hydrogens is 443 g/mol. The number of aliphatic hydroxyl groups excluding tert-OH is 1. The standard InChI is InChI=1S/C21H18F3N5O4/c1-13-25-19(27-29(13)12-14-3-2-4-17(11-14)31-10-9-30)20-26-18(28-33-20)15-5-7-16(8-6-15)32-21(22,23)24/h2-8,11,30H,9-10,12H2,1H3. The number of aromatic nitrogens is 5. The Hall–Kier alpha value is -3.93. The van der Waals surface area contributed by atoms with E-state index in [0.29, 0.717) is 23.7 Å². The summed E-state index contributed by atoms with van der Waals surface area (Å²) in [6.07, 6.45) is -4.77. The van der Waals surface area contributed by atoms with Gasteiger partial charge in [-0.15, -0.1) is 18.3 Å². The van der Waals surface area contributed by atoms with Crippen molar-refractivity contribution >= 4 is 0 Å². The average molecular weight is 461 g/mol. The van der Waals surface area contributed by atoms with E-state index in [4.69, 9.17) is 14.4 Å². The smallest absolute Gasteiger partial charge is 0.491 e. The van der Waals surface area contributed by atoms with Gasteiger partial charge in [-0.05, 0) is 48.9 Å². The quantitative estimate of drug-likeness (QED) is 0.424. The van der Waals surface area contributed by atoms with E-state index in [0.717, 1.165) is 17.7 Å². The van der Waals surface area contributed by atoms with Gasteiger partial charge in [-0.1, -0.05) is 17.3 Å². The van der Waals surface area contributed by atoms with Gasteiger partial charge in [-0.25, -0.2) is 9.67 Å². The molecule has 0 saturated carbocycles. The minimum atomic E-state index is -4.77. The van der Waals surface area contributed by atoms with Gasteiger partial charge in [0.2, 0.25) is 11.6 Å². The summed E-state index contributed by atoms with van der Waals surface area (Å²) in [5.41, 5.74) is 1.35. The van der Waals surface area contributed by atoms with E-state index in [1.165, 1.54) is 12.1 Å². The molecule has 0 saturated heterocycles. The lowest BCUT2D eigenvalue weighted by atomic mass is 10.2. The number of ether oxygens (including phenoxy) is 2. The lowest BCUT2D eigenvalue weighted by Crippen LogP contribution is -2.16. The predicted octanol–water partition coefficient (Wildman–Crippen LogP) is 3.62. The van der Waals surface area contributed by atoms with Gasteiger partial charge in [0.15, 0.2) is 0 Å². The fourth-order valence-electron chi connectivity index (χ4n) is 2.97. The minimum absolute atomic E-state index is 0.0718. The Morgan fingerprint density at radius 2 is 1.82 bits per heavy atom. The van der Waals surface area contributed by atoms with Crippen LogP contribution in [-0.2, 0) is 6.54 Å². The van der Waals surface area contributed by atoms with E-state index >= 15 is 0 Å². The van der Waals surface area contributed by atoms with E-state index in [2.05, 4.69) is 25.0 Å². The van der Waals surface area contributed by atoms with Crippen LogP contribution in [0.1, 0.15) is 11.4 Å². The third-order valence-corrected chi connectivity index (χ3v) is 4.41. The average Bonchev–Trinajstić information content (AvgIpc) is 3.39. The number of halogens is 3. The number of aliphatic hydroxyl groups is 1. The van der Waals surface area contributed by atoms with E-state index in [9.17, 15) is 13.2 Å². The summed E-state index contributed by atoms with van der Waals surface area (Å²) in [6.45, 7) is 2.32. The third-order valence-electron chi connectivity index (χ3n) is 4.41. The van der Waals surface area contributed by atoms with Crippen LogP contribution >= 0.6 is 0 Å². The van der Waals surface area contributed by atoms with E-state index in [1.54, 1.807) is 17.7 Å². The van der Waals surface area contributed by atoms with Crippen molar-refractivity contribution in [2.24, 2.45) is 0 Å². The van der Waals surface area contributed by atoms with Crippen molar-refractivity contribution < 1.29 is 32.3 Å². The topological polar surface area (TPSA) is 108 Å². The monoisotopic (exact) mass is 461 g/mol. The largest absolute Gasteiger partial charge is 0.573 e. The number of hydrogen-bond donors (Lipinski definition) is 1. The fraction of sp³-hybridized carbons (Fsp3) is 0.238. The maximum absolute atomic E-state index is 12.3. The van der Waals surface area contributed by atoms with Crippen LogP contribution in [0.3, 0.4) is 0 Å². The van der Waals surface area contributed by atoms with Gasteiger partial charge >= 0.3 is 6.36 Å². The summed E-state index contributed by atoms with van der Waals surface area (Å²) in [5.74, 6) is 1.36. The first-order valence-electron chi connectivity index (χ1n) is 9.75. The second-order valence-electron chi connectivity index (χ2n) is 6.86. The zero-order valence-corrected chi connectivity index (χ0v) is 17.3. The van der Waals surface area contributed by atoms with E-state index in [-0.39, 0.29) is 36.5 Å². The third kappa shape index (κ3) is 5.66. The summed E-state index contributed by atoms with van der Waals surface area (Å²) < 4.78 is 53.1. The Morgan fingerprint density at radius 1 is 1.03 bits per heavy atom. The lowest BCUT2D eigenvalue weighted by molar-refractivity contribution is -0.274. The highest BCUT2D eigenvalue weighted by molar-refractivity contribution is 5.57. The molecule has 9 nitrogen and oxygen atoms in total. The highest BCUT2D eigenvalue weighted by Gasteiger charge is 2.31. The highest BCUT2D eigenvalue weighted by atomic mass is 19.4. The lowest BCUT2D eigenvalue weighted by Gasteiger charge is -2.08. The number of benzene rings is 2. The molecule has 0 bridgehead atoms. The molecule has 1 N–H and O–H groups in total. The second-order valence-corrected chi connectivity index (χ2v) is 6.86. The van der Waals surface area contributed by atoms with Crippen LogP contribution in [0.15, 0.2) is 53.1 Å². The van der Waals surface area contributed by atoms with Gasteiger partial charge < -0.3 is 19.1 Å². The Balaban J connectivity index is 1.49. The van der Waals surface area contributed by atoms with E-state index in [1.807, 2.05) is 18.2 Å². The number of aryl methyl sites for hydroxylation is 1. The van der Waals surface area contributed by atoms with Crippen molar-refractivity contribution in [1.29, 1.82) is 0 Å². The Kier molecular flexibility index (Phi) is 6.27. The summed E-state index contributed by atoms with van der Waals surface area (Å²) in [5, 5.41) is 17.2. The zero-order chi connectivity index (χ0) is 23.4. The van der Waals surface area contributed by atoms with Crippen molar-refractivity contribution in [3.63, 3.8) is 0 Å². The summed E-state index contributed by atoms with van der Waals surface area (Å²) >= 11 is 0. The summed E-state index contributed by atoms with van der Waals surface area (Å²) in [6, 6.07) is 12.5. The Morgan fingerprint density at radius 3 is 2.55 bits per heavy atom. The molecule has 33 heavy (non-hydrogen) atoms. The van der Waals surface area contributed by atoms with Gasteiger partial charge in [-0.2, -0.15) is 4.98 Å². The van der Waals surface area contributed by atoms with Gasteiger partial charge in [0, 0.05) is 5.56 Å². The Bertz CT molecular complexity index is 1220. The van der Waals surface area contributed by atoms with Crippen molar-refractivity contribution in [3.05, 3.63) is 59.9 Å². The van der Waals surface area contributed by atoms with Crippen molar-refractivity contribution in [1.82, 2.24) is 24.9 Å². The Labute approximate surface area is 185 Å². The van der Waals surface area contributed by atoms with Crippen LogP contribution < -0.4 is 9.47 Å². The molecule has 0 radical (unpaired) electrons. The van der Waals surface area contributed by atoms with Crippen LogP contribution in [0.4, 0.5) is 13.2 Å². The molecular formula is C21H18F3N5O4. The van der Waals surface area contributed by atoms with Gasteiger partial charge in [0.05, 0.1) is 13.2 Å². The van der Waals surface area contributed by atoms with Crippen LogP contribution in [0, 0.1) is 6.92 Å². The SMILES string of the molecule is Cc1nc(-c2nc(-c3ccc(OC(F)(F)F)cc3)no2)nn1Cc1cccc(OCCO)c1. The molecule has 0 fully saturated rings. The maximum atomic E-state index is 12.3. The van der Waals surface area contributed by atoms with Crippen LogP contribution in [-0.4, -0.2) is 49.6 Å². The zero-order valence-electron chi connectivity index (χ0n) is 17.3. The summed E-state index contributed by atoms with van der Waals surface area (Å²) in [7, 11) is 0. The first kappa shape index (κ1) is 22.3. The molecule has 2 aromatic carbocycles. The molecule has 0 spiro atoms. The van der Waals surface area contributed by atoms with Gasteiger partial charge in [0.25, 0.3) is 5.89 Å². The molecule has 0 aliphatic carbocycles. The highest BCUT2D eigenvalue weighted by Crippen LogP contribution is 2.26. The molecule has 0 atom stereocenters. The first-order valence-corrected chi connectivity index (χ1v) is 9.75. The fourth-order valence-corrected chi connectivity index (χ4v) is 2.97. The molecule has 0 amide bonds. The minimum Gasteiger partial charge on any atom is -0.491 e. The number of nitrogens with zero attached hydrogens (tertiary/aromatic N) is 5. The van der Waals surface area contributed by atoms with Crippen molar-refractivity contribution in [2.75, 3.05) is 13.2 Å². The molecule has 2 aromatic heterocycles. The normalized spacial score (nSPS) is 11.5. The second kappa shape index (κ2) is 9.28. The van der Waals surface area contributed by atoms with Gasteiger partial charge in [0.1, 0.15) is 23.9 Å². The van der Waals surface area contributed by atoms with Crippen LogP contribution in [0.25, 0.3) is 23.1 Å². The maximum Gasteiger partial charge on any atom is 0.573 e. The van der Waals surface area contributed by atoms with Crippen LogP contribution in [0.2, 0.25) is 0 Å².